The van der Waals surface area contributed by atoms with Gasteiger partial charge in [-0.25, -0.2) is 4.79 Å². The highest BCUT2D eigenvalue weighted by Crippen LogP contribution is 2.49. The van der Waals surface area contributed by atoms with Crippen LogP contribution < -0.4 is 0 Å². The lowest BCUT2D eigenvalue weighted by molar-refractivity contribution is -0.921. The van der Waals surface area contributed by atoms with Crippen LogP contribution in [0.15, 0.2) is 35.0 Å². The van der Waals surface area contributed by atoms with E-state index in [1.54, 1.807) is 12.1 Å². The first-order valence-electron chi connectivity index (χ1n) is 9.39. The van der Waals surface area contributed by atoms with Gasteiger partial charge in [0.05, 0.1) is 36.0 Å². The number of thiophene rings is 2. The molecule has 0 spiro atoms. The summed E-state index contributed by atoms with van der Waals surface area (Å²) in [6.07, 6.45) is 2.19. The third kappa shape index (κ3) is 2.79. The molecule has 3 fully saturated rings. The van der Waals surface area contributed by atoms with Crippen LogP contribution in [-0.4, -0.2) is 60.6 Å². The van der Waals surface area contributed by atoms with E-state index in [-0.39, 0.29) is 6.10 Å². The first-order chi connectivity index (χ1) is 12.9. The molecule has 2 saturated heterocycles. The zero-order chi connectivity index (χ0) is 18.8. The van der Waals surface area contributed by atoms with Crippen molar-refractivity contribution in [3.8, 4) is 0 Å². The van der Waals surface area contributed by atoms with Crippen molar-refractivity contribution >= 4 is 28.6 Å². The van der Waals surface area contributed by atoms with E-state index in [9.17, 15) is 9.90 Å². The van der Waals surface area contributed by atoms with Crippen molar-refractivity contribution in [2.24, 2.45) is 5.92 Å². The Morgan fingerprint density at radius 3 is 2.48 bits per heavy atom. The highest BCUT2D eigenvalue weighted by molar-refractivity contribution is 7.12. The number of epoxide rings is 1. The Labute approximate surface area is 166 Å². The van der Waals surface area contributed by atoms with Crippen molar-refractivity contribution in [2.45, 2.75) is 42.8 Å². The molecule has 2 aliphatic heterocycles. The quantitative estimate of drug-likeness (QED) is 0.482. The number of rotatable bonds is 4. The maximum absolute atomic E-state index is 13.2. The summed E-state index contributed by atoms with van der Waals surface area (Å²) in [5.41, 5.74) is -1.72. The summed E-state index contributed by atoms with van der Waals surface area (Å²) in [4.78, 5) is 14.4. The van der Waals surface area contributed by atoms with Gasteiger partial charge in [-0.1, -0.05) is 12.1 Å². The lowest BCUT2D eigenvalue weighted by atomic mass is 9.90. The van der Waals surface area contributed by atoms with Crippen molar-refractivity contribution in [1.29, 1.82) is 0 Å². The summed E-state index contributed by atoms with van der Waals surface area (Å²) >= 11 is 2.75. The van der Waals surface area contributed by atoms with E-state index in [1.807, 2.05) is 22.9 Å². The molecule has 5 nitrogen and oxygen atoms in total. The molecule has 0 aromatic carbocycles. The molecule has 0 amide bonds. The van der Waals surface area contributed by atoms with Gasteiger partial charge in [-0.3, -0.25) is 0 Å². The molecule has 2 aromatic heterocycles. The molecule has 1 aliphatic carbocycles. The SMILES string of the molecule is C[N+]1(C)CC2OC2C2CC(OC(=O)C(O)(c3cccs3)c3cccs3)CC21. The summed E-state index contributed by atoms with van der Waals surface area (Å²) in [5, 5.41) is 15.1. The van der Waals surface area contributed by atoms with Crippen LogP contribution in [0.25, 0.3) is 0 Å². The summed E-state index contributed by atoms with van der Waals surface area (Å²) < 4.78 is 12.7. The summed E-state index contributed by atoms with van der Waals surface area (Å²) in [6.45, 7) is 1.03. The minimum Gasteiger partial charge on any atom is -0.459 e. The lowest BCUT2D eigenvalue weighted by Crippen LogP contribution is -2.57. The highest BCUT2D eigenvalue weighted by atomic mass is 32.1. The molecule has 2 aromatic rings. The largest absolute Gasteiger partial charge is 0.459 e. The van der Waals surface area contributed by atoms with E-state index in [4.69, 9.17) is 9.47 Å². The van der Waals surface area contributed by atoms with Gasteiger partial charge in [0, 0.05) is 12.3 Å². The second kappa shape index (κ2) is 6.12. The zero-order valence-corrected chi connectivity index (χ0v) is 17.0. The van der Waals surface area contributed by atoms with Gasteiger partial charge >= 0.3 is 5.97 Å². The normalized spacial score (nSPS) is 34.0. The second-order valence-corrected chi connectivity index (χ2v) is 10.4. The molecule has 1 N–H and O–H groups in total. The third-order valence-electron chi connectivity index (χ3n) is 6.45. The summed E-state index contributed by atoms with van der Waals surface area (Å²) in [6, 6.07) is 7.73. The number of fused-ring (bicyclic) bond motifs is 3. The third-order valence-corrected chi connectivity index (χ3v) is 8.41. The number of aliphatic hydroxyl groups is 1. The number of carbonyl (C=O) groups excluding carboxylic acids is 1. The van der Waals surface area contributed by atoms with E-state index in [1.165, 1.54) is 22.7 Å². The van der Waals surface area contributed by atoms with Crippen molar-refractivity contribution in [3.05, 3.63) is 44.8 Å². The van der Waals surface area contributed by atoms with E-state index < -0.39 is 11.6 Å². The number of esters is 1. The number of hydrogen-bond acceptors (Lipinski definition) is 6. The molecule has 0 bridgehead atoms. The van der Waals surface area contributed by atoms with Crippen LogP contribution >= 0.6 is 22.7 Å². The molecule has 7 heteroatoms. The fraction of sp³-hybridized carbons (Fsp3) is 0.550. The van der Waals surface area contributed by atoms with Crippen LogP contribution in [-0.2, 0) is 19.9 Å². The number of ether oxygens (including phenoxy) is 2. The van der Waals surface area contributed by atoms with Gasteiger partial charge in [0.2, 0.25) is 5.60 Å². The number of carbonyl (C=O) groups is 1. The highest BCUT2D eigenvalue weighted by Gasteiger charge is 2.63. The molecule has 5 unspecified atom stereocenters. The number of hydrogen-bond donors (Lipinski definition) is 1. The standard InChI is InChI=1S/C20H24NO4S2/c1-21(2)11-15-18(25-15)13-9-12(10-14(13)21)24-19(22)20(23,16-5-3-7-26-16)17-6-4-8-27-17/h3-8,12-15,18,23H,9-11H2,1-2H3/q+1. The number of likely N-dealkylation sites (tertiary alicyclic amines) is 1. The van der Waals surface area contributed by atoms with Crippen LogP contribution in [0.1, 0.15) is 22.6 Å². The first-order valence-corrected chi connectivity index (χ1v) is 11.1. The molecular formula is C20H24NO4S2+. The van der Waals surface area contributed by atoms with E-state index in [0.29, 0.717) is 33.9 Å². The van der Waals surface area contributed by atoms with Crippen molar-refractivity contribution in [2.75, 3.05) is 20.6 Å². The van der Waals surface area contributed by atoms with Crippen LogP contribution in [0, 0.1) is 5.92 Å². The Hall–Kier alpha value is -1.25. The number of likely N-dealkylation sites (N-methyl/N-ethyl adjacent to an activating group) is 1. The summed E-state index contributed by atoms with van der Waals surface area (Å²) in [5.74, 6) is -0.122. The van der Waals surface area contributed by atoms with Crippen LogP contribution in [0.3, 0.4) is 0 Å². The Balaban J connectivity index is 1.38. The molecule has 5 rings (SSSR count). The Morgan fingerprint density at radius 2 is 1.89 bits per heavy atom. The smallest absolute Gasteiger partial charge is 0.349 e. The molecule has 4 heterocycles. The lowest BCUT2D eigenvalue weighted by Gasteiger charge is -2.41. The maximum Gasteiger partial charge on any atom is 0.349 e. The topological polar surface area (TPSA) is 59.1 Å². The maximum atomic E-state index is 13.2. The number of quaternary nitrogens is 1. The van der Waals surface area contributed by atoms with Gasteiger partial charge in [0.15, 0.2) is 0 Å². The second-order valence-electron chi connectivity index (χ2n) is 8.50. The molecule has 3 aliphatic rings. The first kappa shape index (κ1) is 17.8. The zero-order valence-electron chi connectivity index (χ0n) is 15.4. The number of nitrogens with zero attached hydrogens (tertiary/aromatic N) is 1. The minimum absolute atomic E-state index is 0.167. The molecule has 144 valence electrons. The molecule has 27 heavy (non-hydrogen) atoms. The summed E-state index contributed by atoms with van der Waals surface area (Å²) in [7, 11) is 4.49. The van der Waals surface area contributed by atoms with Gasteiger partial charge < -0.3 is 19.1 Å². The van der Waals surface area contributed by atoms with Crippen LogP contribution in [0.2, 0.25) is 0 Å². The molecular weight excluding hydrogens is 382 g/mol. The van der Waals surface area contributed by atoms with Gasteiger partial charge in [-0.15, -0.1) is 22.7 Å². The van der Waals surface area contributed by atoms with Crippen molar-refractivity contribution in [1.82, 2.24) is 0 Å². The Kier molecular flexibility index (Phi) is 4.04. The average Bonchev–Trinajstić information content (AvgIpc) is 3.15. The van der Waals surface area contributed by atoms with Crippen molar-refractivity contribution < 1.29 is 23.9 Å². The monoisotopic (exact) mass is 406 g/mol. The van der Waals surface area contributed by atoms with Crippen molar-refractivity contribution in [3.63, 3.8) is 0 Å². The van der Waals surface area contributed by atoms with Gasteiger partial charge in [0.1, 0.15) is 18.8 Å². The van der Waals surface area contributed by atoms with Crippen LogP contribution in [0.5, 0.6) is 0 Å². The van der Waals surface area contributed by atoms with Crippen LogP contribution in [0.4, 0.5) is 0 Å². The fourth-order valence-electron chi connectivity index (χ4n) is 5.06. The predicted octanol–water partition coefficient (Wildman–Crippen LogP) is 2.59. The fourth-order valence-corrected chi connectivity index (χ4v) is 6.78. The van der Waals surface area contributed by atoms with Gasteiger partial charge in [0.25, 0.3) is 0 Å². The molecule has 0 radical (unpaired) electrons. The minimum atomic E-state index is -1.72. The average molecular weight is 407 g/mol. The van der Waals surface area contributed by atoms with E-state index >= 15 is 0 Å². The predicted molar refractivity (Wildman–Crippen MR) is 104 cm³/mol. The van der Waals surface area contributed by atoms with E-state index in [0.717, 1.165) is 23.9 Å². The van der Waals surface area contributed by atoms with Gasteiger partial charge in [-0.2, -0.15) is 0 Å². The van der Waals surface area contributed by atoms with E-state index in [2.05, 4.69) is 14.1 Å². The number of piperidine rings is 1. The Morgan fingerprint density at radius 1 is 1.22 bits per heavy atom. The molecule has 1 saturated carbocycles. The Bertz CT molecular complexity index is 798. The molecule has 5 atom stereocenters. The van der Waals surface area contributed by atoms with Gasteiger partial charge in [-0.05, 0) is 29.3 Å².